The van der Waals surface area contributed by atoms with Gasteiger partial charge in [0.2, 0.25) is 11.8 Å². The van der Waals surface area contributed by atoms with E-state index in [0.29, 0.717) is 25.7 Å². The molecule has 1 saturated carbocycles. The van der Waals surface area contributed by atoms with Crippen LogP contribution in [0.1, 0.15) is 51.9 Å². The Kier molecular flexibility index (Phi) is 7.54. The summed E-state index contributed by atoms with van der Waals surface area (Å²) in [5.74, 6) is -4.60. The predicted octanol–water partition coefficient (Wildman–Crippen LogP) is -0.0396. The molecule has 0 radical (unpaired) electrons. The van der Waals surface area contributed by atoms with Crippen molar-refractivity contribution in [1.29, 1.82) is 0 Å². The third-order valence-corrected chi connectivity index (χ3v) is 4.42. The number of carbonyl (C=O) groups excluding carboxylic acids is 2. The summed E-state index contributed by atoms with van der Waals surface area (Å²) < 4.78 is 0. The summed E-state index contributed by atoms with van der Waals surface area (Å²) in [5.41, 5.74) is -0.750. The number of carboxylic acids is 3. The van der Waals surface area contributed by atoms with Crippen molar-refractivity contribution < 1.29 is 39.3 Å². The van der Waals surface area contributed by atoms with E-state index in [2.05, 4.69) is 10.6 Å². The molecule has 1 aliphatic carbocycles. The Morgan fingerprint density at radius 2 is 1.46 bits per heavy atom. The number of amides is 2. The van der Waals surface area contributed by atoms with Crippen LogP contribution in [0.25, 0.3) is 0 Å². The van der Waals surface area contributed by atoms with E-state index in [1.54, 1.807) is 0 Å². The highest BCUT2D eigenvalue weighted by Crippen LogP contribution is 2.50. The normalized spacial score (nSPS) is 16.8. The van der Waals surface area contributed by atoms with Crippen LogP contribution in [-0.2, 0) is 24.0 Å². The van der Waals surface area contributed by atoms with Crippen LogP contribution >= 0.6 is 0 Å². The van der Waals surface area contributed by atoms with Crippen LogP contribution in [0, 0.1) is 5.41 Å². The maximum atomic E-state index is 11.9. The van der Waals surface area contributed by atoms with Crippen molar-refractivity contribution >= 4 is 29.7 Å². The number of nitrogens with one attached hydrogen (secondary N) is 2. The van der Waals surface area contributed by atoms with Gasteiger partial charge in [-0.2, -0.15) is 0 Å². The summed E-state index contributed by atoms with van der Waals surface area (Å²) in [6.07, 6.45) is 1.50. The van der Waals surface area contributed by atoms with Gasteiger partial charge in [-0.15, -0.1) is 0 Å². The van der Waals surface area contributed by atoms with Crippen molar-refractivity contribution in [2.75, 3.05) is 0 Å². The second-order valence-electron chi connectivity index (χ2n) is 6.57. The number of hydrogen-bond donors (Lipinski definition) is 5. The molecule has 10 nitrogen and oxygen atoms in total. The number of hydrogen-bond acceptors (Lipinski definition) is 5. The Hall–Kier alpha value is -2.65. The molecule has 0 heterocycles. The number of aliphatic carboxylic acids is 3. The second kappa shape index (κ2) is 9.16. The van der Waals surface area contributed by atoms with Gasteiger partial charge in [0, 0.05) is 13.3 Å². The highest BCUT2D eigenvalue weighted by molar-refractivity contribution is 5.85. The molecule has 1 fully saturated rings. The average Bonchev–Trinajstić information content (AvgIpc) is 3.30. The lowest BCUT2D eigenvalue weighted by molar-refractivity contribution is -0.144. The Labute approximate surface area is 149 Å². The van der Waals surface area contributed by atoms with E-state index >= 15 is 0 Å². The quantitative estimate of drug-likeness (QED) is 0.318. The third kappa shape index (κ3) is 6.69. The summed E-state index contributed by atoms with van der Waals surface area (Å²) in [6.45, 7) is 1.15. The zero-order valence-electron chi connectivity index (χ0n) is 14.5. The highest BCUT2D eigenvalue weighted by Gasteiger charge is 2.49. The van der Waals surface area contributed by atoms with Crippen LogP contribution in [0.4, 0.5) is 0 Å². The smallest absolute Gasteiger partial charge is 0.326 e. The molecule has 0 aromatic rings. The Morgan fingerprint density at radius 3 is 1.88 bits per heavy atom. The van der Waals surface area contributed by atoms with E-state index in [-0.39, 0.29) is 19.3 Å². The van der Waals surface area contributed by atoms with Gasteiger partial charge in [0.15, 0.2) is 0 Å². The molecule has 1 aliphatic rings. The molecule has 5 N–H and O–H groups in total. The maximum Gasteiger partial charge on any atom is 0.326 e. The topological polar surface area (TPSA) is 170 Å². The minimum Gasteiger partial charge on any atom is -0.481 e. The van der Waals surface area contributed by atoms with Crippen molar-refractivity contribution in [3.63, 3.8) is 0 Å². The van der Waals surface area contributed by atoms with Gasteiger partial charge in [0.05, 0.1) is 5.41 Å². The fourth-order valence-corrected chi connectivity index (χ4v) is 2.67. The van der Waals surface area contributed by atoms with E-state index in [0.717, 1.165) is 6.92 Å². The molecule has 0 aromatic carbocycles. The second-order valence-corrected chi connectivity index (χ2v) is 6.57. The van der Waals surface area contributed by atoms with Gasteiger partial charge in [-0.3, -0.25) is 14.4 Å². The molecule has 0 saturated heterocycles. The SMILES string of the molecule is CC(=O)NC(CCC(=O)NC(CCCC1(C(=O)O)CC1)C(=O)O)C(=O)O. The van der Waals surface area contributed by atoms with Gasteiger partial charge in [-0.05, 0) is 38.5 Å². The summed E-state index contributed by atoms with van der Waals surface area (Å²) >= 11 is 0. The molecule has 0 bridgehead atoms. The first-order valence-electron chi connectivity index (χ1n) is 8.33. The molecule has 146 valence electrons. The Morgan fingerprint density at radius 1 is 0.923 bits per heavy atom. The fraction of sp³-hybridized carbons (Fsp3) is 0.688. The molecule has 0 aromatic heterocycles. The fourth-order valence-electron chi connectivity index (χ4n) is 2.67. The Bertz CT molecular complexity index is 585. The molecular weight excluding hydrogens is 348 g/mol. The first-order chi connectivity index (χ1) is 12.1. The zero-order chi connectivity index (χ0) is 19.9. The predicted molar refractivity (Wildman–Crippen MR) is 87.2 cm³/mol. The van der Waals surface area contributed by atoms with Gasteiger partial charge in [-0.1, -0.05) is 0 Å². The van der Waals surface area contributed by atoms with Crippen LogP contribution in [0.3, 0.4) is 0 Å². The molecule has 0 spiro atoms. The Balaban J connectivity index is 2.44. The summed E-state index contributed by atoms with van der Waals surface area (Å²) in [7, 11) is 0. The lowest BCUT2D eigenvalue weighted by atomic mass is 9.97. The number of carboxylic acid groups (broad SMARTS) is 3. The van der Waals surface area contributed by atoms with E-state index in [4.69, 9.17) is 10.2 Å². The minimum absolute atomic E-state index is 0.0875. The van der Waals surface area contributed by atoms with E-state index in [1.165, 1.54) is 0 Å². The van der Waals surface area contributed by atoms with Crippen molar-refractivity contribution in [2.24, 2.45) is 5.41 Å². The van der Waals surface area contributed by atoms with Crippen LogP contribution in [0.2, 0.25) is 0 Å². The standard InChI is InChI=1S/C16H24N2O8/c1-9(19)17-11(14(23)24)4-5-12(20)18-10(13(21)22)3-2-6-16(7-8-16)15(25)26/h10-11H,2-8H2,1H3,(H,17,19)(H,18,20)(H,21,22)(H,23,24)(H,25,26). The van der Waals surface area contributed by atoms with Gasteiger partial charge < -0.3 is 26.0 Å². The lowest BCUT2D eigenvalue weighted by Gasteiger charge is -2.17. The number of rotatable bonds is 12. The van der Waals surface area contributed by atoms with Gasteiger partial charge in [0.25, 0.3) is 0 Å². The monoisotopic (exact) mass is 372 g/mol. The third-order valence-electron chi connectivity index (χ3n) is 4.42. The van der Waals surface area contributed by atoms with Crippen LogP contribution in [0.5, 0.6) is 0 Å². The molecule has 2 unspecified atom stereocenters. The van der Waals surface area contributed by atoms with E-state index in [9.17, 15) is 29.1 Å². The van der Waals surface area contributed by atoms with Gasteiger partial charge >= 0.3 is 17.9 Å². The zero-order valence-corrected chi connectivity index (χ0v) is 14.5. The molecule has 10 heteroatoms. The van der Waals surface area contributed by atoms with Crippen molar-refractivity contribution in [2.45, 2.75) is 64.0 Å². The molecular formula is C16H24N2O8. The van der Waals surface area contributed by atoms with E-state index in [1.807, 2.05) is 0 Å². The molecule has 1 rings (SSSR count). The summed E-state index contributed by atoms with van der Waals surface area (Å²) in [5, 5.41) is 31.7. The molecule has 2 atom stereocenters. The largest absolute Gasteiger partial charge is 0.481 e. The first kappa shape index (κ1) is 21.4. The van der Waals surface area contributed by atoms with Gasteiger partial charge in [-0.25, -0.2) is 9.59 Å². The first-order valence-corrected chi connectivity index (χ1v) is 8.33. The van der Waals surface area contributed by atoms with Gasteiger partial charge in [0.1, 0.15) is 12.1 Å². The molecule has 26 heavy (non-hydrogen) atoms. The maximum absolute atomic E-state index is 11.9. The molecule has 0 aliphatic heterocycles. The lowest BCUT2D eigenvalue weighted by Crippen LogP contribution is -2.43. The van der Waals surface area contributed by atoms with E-state index < -0.39 is 47.2 Å². The molecule has 2 amide bonds. The summed E-state index contributed by atoms with van der Waals surface area (Å²) in [6, 6.07) is -2.40. The number of carbonyl (C=O) groups is 5. The highest BCUT2D eigenvalue weighted by atomic mass is 16.4. The minimum atomic E-state index is -1.29. The van der Waals surface area contributed by atoms with Crippen LogP contribution in [0.15, 0.2) is 0 Å². The summed E-state index contributed by atoms with van der Waals surface area (Å²) in [4.78, 5) is 56.1. The van der Waals surface area contributed by atoms with Crippen molar-refractivity contribution in [3.05, 3.63) is 0 Å². The van der Waals surface area contributed by atoms with Crippen molar-refractivity contribution in [1.82, 2.24) is 10.6 Å². The van der Waals surface area contributed by atoms with Crippen molar-refractivity contribution in [3.8, 4) is 0 Å². The van der Waals surface area contributed by atoms with Crippen LogP contribution < -0.4 is 10.6 Å². The average molecular weight is 372 g/mol. The van der Waals surface area contributed by atoms with Crippen LogP contribution in [-0.4, -0.2) is 57.1 Å².